The number of nitrogens with zero attached hydrogens (tertiary/aromatic N) is 4. The highest BCUT2D eigenvalue weighted by Gasteiger charge is 2.01. The number of hydrogen-bond donors (Lipinski definition) is 2. The molecule has 0 spiro atoms. The summed E-state index contributed by atoms with van der Waals surface area (Å²) in [6, 6.07) is 7.83. The lowest BCUT2D eigenvalue weighted by atomic mass is 10.1. The minimum Gasteiger partial charge on any atom is -0.369 e. The molecule has 0 unspecified atom stereocenters. The van der Waals surface area contributed by atoms with Crippen LogP contribution in [0.4, 0.5) is 11.8 Å². The van der Waals surface area contributed by atoms with Crippen LogP contribution in [0.25, 0.3) is 0 Å². The molecule has 0 saturated heterocycles. The maximum Gasteiger partial charge on any atom is 0.244 e. The zero-order valence-corrected chi connectivity index (χ0v) is 14.3. The normalized spacial score (nSPS) is 10.8. The molecule has 0 aliphatic rings. The SMILES string of the molecule is CN(C)CCCNc1cnnc(NCCc2ccc(Cl)cc2)n1. The first-order valence-electron chi connectivity index (χ1n) is 7.70. The van der Waals surface area contributed by atoms with Crippen LogP contribution in [-0.4, -0.2) is 53.8 Å². The third-order valence-corrected chi connectivity index (χ3v) is 3.51. The van der Waals surface area contributed by atoms with Crippen molar-refractivity contribution in [3.8, 4) is 0 Å². The number of anilines is 2. The molecule has 0 bridgehead atoms. The summed E-state index contributed by atoms with van der Waals surface area (Å²) < 4.78 is 0. The monoisotopic (exact) mass is 334 g/mol. The maximum atomic E-state index is 5.87. The molecule has 1 heterocycles. The largest absolute Gasteiger partial charge is 0.369 e. The summed E-state index contributed by atoms with van der Waals surface area (Å²) in [4.78, 5) is 6.56. The van der Waals surface area contributed by atoms with Crippen LogP contribution in [-0.2, 0) is 6.42 Å². The first-order chi connectivity index (χ1) is 11.1. The molecule has 1 aromatic heterocycles. The van der Waals surface area contributed by atoms with Crippen molar-refractivity contribution in [2.24, 2.45) is 0 Å². The Morgan fingerprint density at radius 2 is 1.87 bits per heavy atom. The summed E-state index contributed by atoms with van der Waals surface area (Å²) in [5.41, 5.74) is 1.22. The van der Waals surface area contributed by atoms with Gasteiger partial charge in [0.25, 0.3) is 0 Å². The minimum absolute atomic E-state index is 0.538. The zero-order chi connectivity index (χ0) is 16.5. The van der Waals surface area contributed by atoms with Crippen molar-refractivity contribution >= 4 is 23.4 Å². The highest BCUT2D eigenvalue weighted by Crippen LogP contribution is 2.10. The van der Waals surface area contributed by atoms with Crippen molar-refractivity contribution in [2.75, 3.05) is 44.4 Å². The van der Waals surface area contributed by atoms with Crippen LogP contribution in [0.15, 0.2) is 30.5 Å². The first kappa shape index (κ1) is 17.4. The molecular formula is C16H23ClN6. The molecule has 0 saturated carbocycles. The summed E-state index contributed by atoms with van der Waals surface area (Å²) in [7, 11) is 4.13. The van der Waals surface area contributed by atoms with Crippen molar-refractivity contribution < 1.29 is 0 Å². The van der Waals surface area contributed by atoms with Crippen molar-refractivity contribution in [3.63, 3.8) is 0 Å². The molecule has 0 aliphatic carbocycles. The van der Waals surface area contributed by atoms with Gasteiger partial charge in [0.15, 0.2) is 5.82 Å². The maximum absolute atomic E-state index is 5.87. The van der Waals surface area contributed by atoms with Crippen molar-refractivity contribution in [1.82, 2.24) is 20.1 Å². The van der Waals surface area contributed by atoms with E-state index < -0.39 is 0 Å². The Bertz CT molecular complexity index is 587. The van der Waals surface area contributed by atoms with Gasteiger partial charge in [0.2, 0.25) is 5.95 Å². The third-order valence-electron chi connectivity index (χ3n) is 3.26. The van der Waals surface area contributed by atoms with E-state index in [2.05, 4.69) is 44.8 Å². The van der Waals surface area contributed by atoms with Gasteiger partial charge in [-0.25, -0.2) is 0 Å². The number of rotatable bonds is 9. The Balaban J connectivity index is 1.74. The molecular weight excluding hydrogens is 312 g/mol. The van der Waals surface area contributed by atoms with Gasteiger partial charge in [0.1, 0.15) is 0 Å². The van der Waals surface area contributed by atoms with Gasteiger partial charge in [-0.15, -0.1) is 5.10 Å². The van der Waals surface area contributed by atoms with Gasteiger partial charge in [0.05, 0.1) is 6.20 Å². The van der Waals surface area contributed by atoms with Crippen LogP contribution in [0, 0.1) is 0 Å². The summed E-state index contributed by atoms with van der Waals surface area (Å²) in [5, 5.41) is 15.2. The summed E-state index contributed by atoms with van der Waals surface area (Å²) in [6.45, 7) is 2.65. The van der Waals surface area contributed by atoms with Crippen molar-refractivity contribution in [3.05, 3.63) is 41.0 Å². The Morgan fingerprint density at radius 1 is 1.09 bits per heavy atom. The predicted octanol–water partition coefficient (Wildman–Crippen LogP) is 2.54. The van der Waals surface area contributed by atoms with Gasteiger partial charge in [-0.2, -0.15) is 10.1 Å². The molecule has 7 heteroatoms. The minimum atomic E-state index is 0.538. The van der Waals surface area contributed by atoms with E-state index >= 15 is 0 Å². The van der Waals surface area contributed by atoms with E-state index in [-0.39, 0.29) is 0 Å². The van der Waals surface area contributed by atoms with Crippen molar-refractivity contribution in [1.29, 1.82) is 0 Å². The molecule has 0 radical (unpaired) electrons. The standard InChI is InChI=1S/C16H23ClN6/c1-23(2)11-3-9-18-15-12-20-22-16(21-15)19-10-8-13-4-6-14(17)7-5-13/h4-7,12H,3,8-11H2,1-2H3,(H2,18,19,21,22). The molecule has 6 nitrogen and oxygen atoms in total. The summed E-state index contributed by atoms with van der Waals surface area (Å²) in [6.07, 6.45) is 3.57. The van der Waals surface area contributed by atoms with Crippen molar-refractivity contribution in [2.45, 2.75) is 12.8 Å². The number of halogens is 1. The Hall–Kier alpha value is -1.92. The molecule has 124 valence electrons. The van der Waals surface area contributed by atoms with Crippen LogP contribution >= 0.6 is 11.6 Å². The van der Waals surface area contributed by atoms with E-state index in [0.29, 0.717) is 5.95 Å². The predicted molar refractivity (Wildman–Crippen MR) is 95.1 cm³/mol. The number of benzene rings is 1. The van der Waals surface area contributed by atoms with E-state index in [9.17, 15) is 0 Å². The third kappa shape index (κ3) is 6.80. The molecule has 0 fully saturated rings. The van der Waals surface area contributed by atoms with Crippen LogP contribution < -0.4 is 10.6 Å². The molecule has 0 atom stereocenters. The van der Waals surface area contributed by atoms with Gasteiger partial charge in [-0.05, 0) is 51.2 Å². The summed E-state index contributed by atoms with van der Waals surface area (Å²) in [5.74, 6) is 1.28. The number of nitrogens with one attached hydrogen (secondary N) is 2. The van der Waals surface area contributed by atoms with E-state index in [1.807, 2.05) is 24.3 Å². The van der Waals surface area contributed by atoms with E-state index in [1.54, 1.807) is 6.20 Å². The number of hydrogen-bond acceptors (Lipinski definition) is 6. The Labute approximate surface area is 142 Å². The molecule has 0 amide bonds. The highest BCUT2D eigenvalue weighted by atomic mass is 35.5. The molecule has 0 aliphatic heterocycles. The fraction of sp³-hybridized carbons (Fsp3) is 0.438. The Kier molecular flexibility index (Phi) is 7.03. The second kappa shape index (κ2) is 9.27. The average Bonchev–Trinajstić information content (AvgIpc) is 2.54. The van der Waals surface area contributed by atoms with E-state index in [4.69, 9.17) is 11.6 Å². The Morgan fingerprint density at radius 3 is 2.61 bits per heavy atom. The highest BCUT2D eigenvalue weighted by molar-refractivity contribution is 6.30. The van der Waals surface area contributed by atoms with Crippen LogP contribution in [0.3, 0.4) is 0 Å². The smallest absolute Gasteiger partial charge is 0.244 e. The van der Waals surface area contributed by atoms with Gasteiger partial charge in [-0.1, -0.05) is 23.7 Å². The molecule has 2 rings (SSSR count). The molecule has 1 aromatic carbocycles. The van der Waals surface area contributed by atoms with Crippen LogP contribution in [0.5, 0.6) is 0 Å². The molecule has 2 aromatic rings. The fourth-order valence-electron chi connectivity index (χ4n) is 2.05. The molecule has 2 N–H and O–H groups in total. The van der Waals surface area contributed by atoms with Gasteiger partial charge >= 0.3 is 0 Å². The second-order valence-electron chi connectivity index (χ2n) is 5.55. The quantitative estimate of drug-likeness (QED) is 0.687. The first-order valence-corrected chi connectivity index (χ1v) is 8.08. The second-order valence-corrected chi connectivity index (χ2v) is 5.99. The van der Waals surface area contributed by atoms with E-state index in [1.165, 1.54) is 5.56 Å². The fourth-order valence-corrected chi connectivity index (χ4v) is 2.17. The molecule has 23 heavy (non-hydrogen) atoms. The van der Waals surface area contributed by atoms with Gasteiger partial charge < -0.3 is 15.5 Å². The van der Waals surface area contributed by atoms with E-state index in [0.717, 1.165) is 43.3 Å². The van der Waals surface area contributed by atoms with Crippen LogP contribution in [0.2, 0.25) is 5.02 Å². The lowest BCUT2D eigenvalue weighted by molar-refractivity contribution is 0.405. The lowest BCUT2D eigenvalue weighted by Crippen LogP contribution is -2.17. The van der Waals surface area contributed by atoms with Gasteiger partial charge in [-0.3, -0.25) is 0 Å². The van der Waals surface area contributed by atoms with Crippen LogP contribution in [0.1, 0.15) is 12.0 Å². The number of aromatic nitrogens is 3. The average molecular weight is 335 g/mol. The summed E-state index contributed by atoms with van der Waals surface area (Å²) >= 11 is 5.87. The lowest BCUT2D eigenvalue weighted by Gasteiger charge is -2.10. The van der Waals surface area contributed by atoms with Gasteiger partial charge in [0, 0.05) is 18.1 Å². The zero-order valence-electron chi connectivity index (χ0n) is 13.6. The topological polar surface area (TPSA) is 66.0 Å².